The second kappa shape index (κ2) is 7.99. The van der Waals surface area contributed by atoms with Gasteiger partial charge in [-0.05, 0) is 67.9 Å². The molecule has 23 heavy (non-hydrogen) atoms. The number of nitrogens with zero attached hydrogens (tertiary/aromatic N) is 1. The Morgan fingerprint density at radius 2 is 2.00 bits per heavy atom. The lowest BCUT2D eigenvalue weighted by molar-refractivity contribution is 0.0938. The van der Waals surface area contributed by atoms with Gasteiger partial charge in [0.15, 0.2) is 0 Å². The van der Waals surface area contributed by atoms with Crippen molar-refractivity contribution in [2.24, 2.45) is 0 Å². The molecule has 0 radical (unpaired) electrons. The van der Waals surface area contributed by atoms with Crippen LogP contribution in [0.15, 0.2) is 46.7 Å². The molecule has 1 aliphatic heterocycles. The Kier molecular flexibility index (Phi) is 5.75. The smallest absolute Gasteiger partial charge is 0.251 e. The van der Waals surface area contributed by atoms with E-state index in [9.17, 15) is 4.79 Å². The summed E-state index contributed by atoms with van der Waals surface area (Å²) in [4.78, 5) is 17.4. The van der Waals surface area contributed by atoms with Gasteiger partial charge in [-0.1, -0.05) is 6.07 Å². The SMILES string of the molecule is CSc1ccc(C(=O)NCC(c2cccs2)N2CCCC2)cc1. The fraction of sp³-hybridized carbons (Fsp3) is 0.389. The van der Waals surface area contributed by atoms with E-state index in [0.29, 0.717) is 12.6 Å². The topological polar surface area (TPSA) is 32.3 Å². The summed E-state index contributed by atoms with van der Waals surface area (Å²) in [6.07, 6.45) is 4.55. The lowest BCUT2D eigenvalue weighted by atomic mass is 10.2. The number of carbonyl (C=O) groups is 1. The molecule has 0 spiro atoms. The van der Waals surface area contributed by atoms with E-state index in [1.165, 1.54) is 22.6 Å². The molecule has 0 saturated carbocycles. The fourth-order valence-electron chi connectivity index (χ4n) is 2.98. The van der Waals surface area contributed by atoms with Crippen molar-refractivity contribution in [1.29, 1.82) is 0 Å². The van der Waals surface area contributed by atoms with Crippen LogP contribution < -0.4 is 5.32 Å². The predicted octanol–water partition coefficient (Wildman–Crippen LogP) is 4.04. The summed E-state index contributed by atoms with van der Waals surface area (Å²) in [5.41, 5.74) is 0.731. The number of thioether (sulfide) groups is 1. The number of hydrogen-bond donors (Lipinski definition) is 1. The lowest BCUT2D eigenvalue weighted by Gasteiger charge is -2.26. The van der Waals surface area contributed by atoms with Gasteiger partial charge in [-0.15, -0.1) is 23.1 Å². The molecule has 1 aliphatic rings. The number of likely N-dealkylation sites (tertiary alicyclic amines) is 1. The third kappa shape index (κ3) is 4.16. The van der Waals surface area contributed by atoms with Crippen LogP contribution in [0.1, 0.15) is 34.1 Å². The molecule has 1 N–H and O–H groups in total. The zero-order chi connectivity index (χ0) is 16.1. The Balaban J connectivity index is 1.64. The maximum Gasteiger partial charge on any atom is 0.251 e. The average Bonchev–Trinajstić information content (AvgIpc) is 3.29. The van der Waals surface area contributed by atoms with Crippen LogP contribution in [0, 0.1) is 0 Å². The van der Waals surface area contributed by atoms with Crippen LogP contribution in [0.4, 0.5) is 0 Å². The van der Waals surface area contributed by atoms with E-state index in [1.54, 1.807) is 23.1 Å². The van der Waals surface area contributed by atoms with E-state index in [4.69, 9.17) is 0 Å². The van der Waals surface area contributed by atoms with Gasteiger partial charge < -0.3 is 5.32 Å². The van der Waals surface area contributed by atoms with E-state index in [1.807, 2.05) is 30.5 Å². The van der Waals surface area contributed by atoms with E-state index < -0.39 is 0 Å². The number of carbonyl (C=O) groups excluding carboxylic acids is 1. The van der Waals surface area contributed by atoms with Crippen molar-refractivity contribution in [3.63, 3.8) is 0 Å². The number of amides is 1. The van der Waals surface area contributed by atoms with Crippen LogP contribution in [-0.2, 0) is 0 Å². The van der Waals surface area contributed by atoms with Crippen molar-refractivity contribution in [2.45, 2.75) is 23.8 Å². The predicted molar refractivity (Wildman–Crippen MR) is 98.4 cm³/mol. The van der Waals surface area contributed by atoms with Gasteiger partial charge in [0.05, 0.1) is 6.04 Å². The molecular weight excluding hydrogens is 324 g/mol. The molecule has 2 heterocycles. The molecule has 1 fully saturated rings. The minimum atomic E-state index is 0.0124. The van der Waals surface area contributed by atoms with Crippen molar-refractivity contribution in [3.05, 3.63) is 52.2 Å². The van der Waals surface area contributed by atoms with Gasteiger partial charge in [-0.25, -0.2) is 0 Å². The summed E-state index contributed by atoms with van der Waals surface area (Å²) < 4.78 is 0. The third-order valence-electron chi connectivity index (χ3n) is 4.26. The maximum absolute atomic E-state index is 12.4. The summed E-state index contributed by atoms with van der Waals surface area (Å²) in [6.45, 7) is 2.92. The zero-order valence-corrected chi connectivity index (χ0v) is 15.0. The normalized spacial score (nSPS) is 16.4. The van der Waals surface area contributed by atoms with Gasteiger partial charge in [0.25, 0.3) is 5.91 Å². The first-order valence-electron chi connectivity index (χ1n) is 7.97. The Bertz CT molecular complexity index is 619. The monoisotopic (exact) mass is 346 g/mol. The van der Waals surface area contributed by atoms with Crippen molar-refractivity contribution in [3.8, 4) is 0 Å². The number of hydrogen-bond acceptors (Lipinski definition) is 4. The van der Waals surface area contributed by atoms with E-state index in [2.05, 4.69) is 27.7 Å². The number of thiophene rings is 1. The van der Waals surface area contributed by atoms with Crippen molar-refractivity contribution >= 4 is 29.0 Å². The molecular formula is C18H22N2OS2. The van der Waals surface area contributed by atoms with Crippen LogP contribution in [0.3, 0.4) is 0 Å². The number of nitrogens with one attached hydrogen (secondary N) is 1. The molecule has 3 nitrogen and oxygen atoms in total. The second-order valence-corrected chi connectivity index (χ2v) is 7.57. The molecule has 0 bridgehead atoms. The highest BCUT2D eigenvalue weighted by atomic mass is 32.2. The summed E-state index contributed by atoms with van der Waals surface area (Å²) >= 11 is 3.46. The van der Waals surface area contributed by atoms with Gasteiger partial charge >= 0.3 is 0 Å². The lowest BCUT2D eigenvalue weighted by Crippen LogP contribution is -2.36. The van der Waals surface area contributed by atoms with Gasteiger partial charge in [-0.3, -0.25) is 9.69 Å². The molecule has 5 heteroatoms. The van der Waals surface area contributed by atoms with Gasteiger partial charge in [0.2, 0.25) is 0 Å². The molecule has 0 aliphatic carbocycles. The van der Waals surface area contributed by atoms with Crippen LogP contribution in [0.5, 0.6) is 0 Å². The standard InChI is InChI=1S/C18H22N2OS2/c1-22-15-8-6-14(7-9-15)18(21)19-13-16(17-5-4-12-23-17)20-10-2-3-11-20/h4-9,12,16H,2-3,10-11,13H2,1H3,(H,19,21). The Hall–Kier alpha value is -1.30. The first kappa shape index (κ1) is 16.6. The summed E-state index contributed by atoms with van der Waals surface area (Å²) in [6, 6.07) is 12.4. The Morgan fingerprint density at radius 3 is 2.61 bits per heavy atom. The van der Waals surface area contributed by atoms with Gasteiger partial charge in [0.1, 0.15) is 0 Å². The van der Waals surface area contributed by atoms with E-state index in [-0.39, 0.29) is 5.91 Å². The first-order valence-corrected chi connectivity index (χ1v) is 10.1. The zero-order valence-electron chi connectivity index (χ0n) is 13.3. The van der Waals surface area contributed by atoms with Crippen LogP contribution in [0.25, 0.3) is 0 Å². The summed E-state index contributed by atoms with van der Waals surface area (Å²) in [5.74, 6) is 0.0124. The highest BCUT2D eigenvalue weighted by Gasteiger charge is 2.24. The molecule has 2 aromatic rings. The summed E-state index contributed by atoms with van der Waals surface area (Å²) in [5, 5.41) is 5.23. The van der Waals surface area contributed by atoms with Gasteiger partial charge in [-0.2, -0.15) is 0 Å². The van der Waals surface area contributed by atoms with Crippen LogP contribution in [0.2, 0.25) is 0 Å². The number of benzene rings is 1. The molecule has 1 saturated heterocycles. The quantitative estimate of drug-likeness (QED) is 0.801. The molecule has 1 unspecified atom stereocenters. The molecule has 1 atom stereocenters. The molecule has 1 aromatic carbocycles. The number of rotatable bonds is 6. The Morgan fingerprint density at radius 1 is 1.26 bits per heavy atom. The highest BCUT2D eigenvalue weighted by Crippen LogP contribution is 2.28. The maximum atomic E-state index is 12.4. The molecule has 122 valence electrons. The highest BCUT2D eigenvalue weighted by molar-refractivity contribution is 7.98. The molecule has 3 rings (SSSR count). The van der Waals surface area contributed by atoms with E-state index in [0.717, 1.165) is 18.7 Å². The third-order valence-corrected chi connectivity index (χ3v) is 5.98. The second-order valence-electron chi connectivity index (χ2n) is 5.71. The van der Waals surface area contributed by atoms with Crippen molar-refractivity contribution in [2.75, 3.05) is 25.9 Å². The van der Waals surface area contributed by atoms with Crippen LogP contribution >= 0.6 is 23.1 Å². The summed E-state index contributed by atoms with van der Waals surface area (Å²) in [7, 11) is 0. The van der Waals surface area contributed by atoms with Gasteiger partial charge in [0, 0.05) is 21.9 Å². The average molecular weight is 347 g/mol. The van der Waals surface area contributed by atoms with Crippen molar-refractivity contribution in [1.82, 2.24) is 10.2 Å². The first-order chi connectivity index (χ1) is 11.3. The van der Waals surface area contributed by atoms with Crippen molar-refractivity contribution < 1.29 is 4.79 Å². The van der Waals surface area contributed by atoms with Crippen LogP contribution in [-0.4, -0.2) is 36.7 Å². The Labute approximate surface area is 146 Å². The van der Waals surface area contributed by atoms with E-state index >= 15 is 0 Å². The fourth-order valence-corrected chi connectivity index (χ4v) is 4.25. The molecule has 1 amide bonds. The largest absolute Gasteiger partial charge is 0.350 e. The minimum Gasteiger partial charge on any atom is -0.350 e. The molecule has 1 aromatic heterocycles. The minimum absolute atomic E-state index is 0.0124.